The molecule has 0 saturated carbocycles. The first kappa shape index (κ1) is 11.5. The number of ether oxygens (including phenoxy) is 1. The van der Waals surface area contributed by atoms with Gasteiger partial charge < -0.3 is 10.5 Å². The van der Waals surface area contributed by atoms with Gasteiger partial charge in [0, 0.05) is 11.6 Å². The van der Waals surface area contributed by atoms with Gasteiger partial charge in [0.05, 0.1) is 5.69 Å². The van der Waals surface area contributed by atoms with Gasteiger partial charge in [0.25, 0.3) is 0 Å². The van der Waals surface area contributed by atoms with Gasteiger partial charge in [-0.05, 0) is 12.1 Å². The van der Waals surface area contributed by atoms with Gasteiger partial charge >= 0.3 is 6.09 Å². The quantitative estimate of drug-likeness (QED) is 0.810. The second-order valence-electron chi connectivity index (χ2n) is 4.44. The molecular weight excluding hydrogens is 192 g/mol. The van der Waals surface area contributed by atoms with Gasteiger partial charge in [0.15, 0.2) is 6.10 Å². The zero-order chi connectivity index (χ0) is 11.5. The number of carbonyl (C=O) groups is 1. The minimum Gasteiger partial charge on any atom is -0.439 e. The third-order valence-corrected chi connectivity index (χ3v) is 1.98. The van der Waals surface area contributed by atoms with Crippen LogP contribution in [0.2, 0.25) is 0 Å². The van der Waals surface area contributed by atoms with Crippen molar-refractivity contribution in [3.8, 4) is 0 Å². The first-order valence-electron chi connectivity index (χ1n) is 4.78. The lowest BCUT2D eigenvalue weighted by Crippen LogP contribution is -2.27. The SMILES string of the molecule is CC(C)(C)C(OC(N)=O)c1ccccn1. The molecule has 1 amide bonds. The van der Waals surface area contributed by atoms with Crippen LogP contribution in [0, 0.1) is 5.41 Å². The van der Waals surface area contributed by atoms with Gasteiger partial charge in [0.1, 0.15) is 0 Å². The summed E-state index contributed by atoms with van der Waals surface area (Å²) in [6.45, 7) is 5.90. The van der Waals surface area contributed by atoms with E-state index in [2.05, 4.69) is 4.98 Å². The van der Waals surface area contributed by atoms with E-state index in [4.69, 9.17) is 10.5 Å². The van der Waals surface area contributed by atoms with Crippen LogP contribution in [0.25, 0.3) is 0 Å². The van der Waals surface area contributed by atoms with Crippen molar-refractivity contribution < 1.29 is 9.53 Å². The third-order valence-electron chi connectivity index (χ3n) is 1.98. The number of amides is 1. The van der Waals surface area contributed by atoms with Gasteiger partial charge in [-0.1, -0.05) is 26.8 Å². The van der Waals surface area contributed by atoms with Crippen molar-refractivity contribution >= 4 is 6.09 Å². The Hall–Kier alpha value is -1.58. The fourth-order valence-corrected chi connectivity index (χ4v) is 1.33. The average molecular weight is 208 g/mol. The fraction of sp³-hybridized carbons (Fsp3) is 0.455. The van der Waals surface area contributed by atoms with Crippen molar-refractivity contribution in [3.05, 3.63) is 30.1 Å². The molecule has 82 valence electrons. The second-order valence-corrected chi connectivity index (χ2v) is 4.44. The monoisotopic (exact) mass is 208 g/mol. The van der Waals surface area contributed by atoms with Crippen LogP contribution in [0.5, 0.6) is 0 Å². The van der Waals surface area contributed by atoms with Gasteiger partial charge in [0.2, 0.25) is 0 Å². The first-order chi connectivity index (χ1) is 6.91. The van der Waals surface area contributed by atoms with Crippen LogP contribution in [-0.2, 0) is 4.74 Å². The van der Waals surface area contributed by atoms with E-state index in [-0.39, 0.29) is 5.41 Å². The lowest BCUT2D eigenvalue weighted by molar-refractivity contribution is 0.0331. The molecule has 1 aromatic heterocycles. The molecule has 0 bridgehead atoms. The summed E-state index contributed by atoms with van der Waals surface area (Å²) in [5, 5.41) is 0. The second kappa shape index (κ2) is 4.29. The lowest BCUT2D eigenvalue weighted by atomic mass is 9.87. The van der Waals surface area contributed by atoms with Crippen LogP contribution >= 0.6 is 0 Å². The summed E-state index contributed by atoms with van der Waals surface area (Å²) in [5.41, 5.74) is 5.52. The minimum atomic E-state index is -0.777. The Labute approximate surface area is 89.5 Å². The van der Waals surface area contributed by atoms with E-state index in [1.54, 1.807) is 6.20 Å². The Morgan fingerprint density at radius 2 is 2.13 bits per heavy atom. The maximum absolute atomic E-state index is 10.8. The molecular formula is C11H16N2O2. The highest BCUT2D eigenvalue weighted by Crippen LogP contribution is 2.34. The van der Waals surface area contributed by atoms with Gasteiger partial charge in [-0.3, -0.25) is 4.98 Å². The minimum absolute atomic E-state index is 0.233. The maximum Gasteiger partial charge on any atom is 0.405 e. The molecule has 1 aromatic rings. The van der Waals surface area contributed by atoms with Gasteiger partial charge in [-0.15, -0.1) is 0 Å². The topological polar surface area (TPSA) is 65.2 Å². The van der Waals surface area contributed by atoms with E-state index in [1.807, 2.05) is 39.0 Å². The first-order valence-corrected chi connectivity index (χ1v) is 4.78. The highest BCUT2D eigenvalue weighted by molar-refractivity contribution is 5.65. The van der Waals surface area contributed by atoms with E-state index in [0.29, 0.717) is 5.69 Å². The molecule has 0 radical (unpaired) electrons. The Bertz CT molecular complexity index is 330. The maximum atomic E-state index is 10.8. The molecule has 0 aliphatic rings. The smallest absolute Gasteiger partial charge is 0.405 e. The molecule has 15 heavy (non-hydrogen) atoms. The molecule has 0 fully saturated rings. The van der Waals surface area contributed by atoms with Crippen LogP contribution < -0.4 is 5.73 Å². The van der Waals surface area contributed by atoms with Gasteiger partial charge in [-0.2, -0.15) is 0 Å². The highest BCUT2D eigenvalue weighted by atomic mass is 16.6. The molecule has 2 N–H and O–H groups in total. The molecule has 0 aromatic carbocycles. The van der Waals surface area contributed by atoms with E-state index in [1.165, 1.54) is 0 Å². The van der Waals surface area contributed by atoms with E-state index in [0.717, 1.165) is 0 Å². The molecule has 1 unspecified atom stereocenters. The predicted octanol–water partition coefficient (Wildman–Crippen LogP) is 2.26. The zero-order valence-electron chi connectivity index (χ0n) is 9.23. The van der Waals surface area contributed by atoms with E-state index < -0.39 is 12.2 Å². The van der Waals surface area contributed by atoms with E-state index in [9.17, 15) is 4.79 Å². The summed E-state index contributed by atoms with van der Waals surface area (Å²) in [4.78, 5) is 15.0. The number of hydrogen-bond donors (Lipinski definition) is 1. The molecule has 0 saturated heterocycles. The predicted molar refractivity (Wildman–Crippen MR) is 57.1 cm³/mol. The summed E-state index contributed by atoms with van der Waals surface area (Å²) < 4.78 is 5.08. The van der Waals surface area contributed by atoms with Crippen LogP contribution in [0.1, 0.15) is 32.6 Å². The molecule has 4 nitrogen and oxygen atoms in total. The van der Waals surface area contributed by atoms with Crippen molar-refractivity contribution in [2.24, 2.45) is 11.1 Å². The number of rotatable bonds is 2. The molecule has 1 rings (SSSR count). The standard InChI is InChI=1S/C11H16N2O2/c1-11(2,3)9(15-10(12)14)8-6-4-5-7-13-8/h4-7,9H,1-3H3,(H2,12,14). The number of nitrogens with two attached hydrogens (primary N) is 1. The Morgan fingerprint density at radius 3 is 2.53 bits per heavy atom. The molecule has 4 heteroatoms. The molecule has 0 aliphatic heterocycles. The number of pyridine rings is 1. The van der Waals surface area contributed by atoms with Crippen molar-refractivity contribution in [2.45, 2.75) is 26.9 Å². The number of nitrogens with zero attached hydrogens (tertiary/aromatic N) is 1. The molecule has 0 spiro atoms. The summed E-state index contributed by atoms with van der Waals surface area (Å²) in [6, 6.07) is 5.48. The number of primary amides is 1. The average Bonchev–Trinajstić information content (AvgIpc) is 2.14. The van der Waals surface area contributed by atoms with Crippen LogP contribution in [-0.4, -0.2) is 11.1 Å². The Balaban J connectivity index is 2.97. The molecule has 1 atom stereocenters. The van der Waals surface area contributed by atoms with Crippen molar-refractivity contribution in [1.82, 2.24) is 4.98 Å². The molecule has 1 heterocycles. The lowest BCUT2D eigenvalue weighted by Gasteiger charge is -2.28. The van der Waals surface area contributed by atoms with Crippen LogP contribution in [0.15, 0.2) is 24.4 Å². The van der Waals surface area contributed by atoms with Gasteiger partial charge in [-0.25, -0.2) is 4.79 Å². The van der Waals surface area contributed by atoms with Crippen LogP contribution in [0.4, 0.5) is 4.79 Å². The summed E-state index contributed by atoms with van der Waals surface area (Å²) >= 11 is 0. The zero-order valence-corrected chi connectivity index (χ0v) is 9.23. The largest absolute Gasteiger partial charge is 0.439 e. The van der Waals surface area contributed by atoms with Crippen molar-refractivity contribution in [1.29, 1.82) is 0 Å². The Kier molecular flexibility index (Phi) is 3.29. The Morgan fingerprint density at radius 1 is 1.47 bits per heavy atom. The number of hydrogen-bond acceptors (Lipinski definition) is 3. The number of carbonyl (C=O) groups excluding carboxylic acids is 1. The van der Waals surface area contributed by atoms with E-state index >= 15 is 0 Å². The van der Waals surface area contributed by atoms with Crippen molar-refractivity contribution in [3.63, 3.8) is 0 Å². The normalized spacial score (nSPS) is 13.3. The summed E-state index contributed by atoms with van der Waals surface area (Å²) in [7, 11) is 0. The molecule has 0 aliphatic carbocycles. The van der Waals surface area contributed by atoms with Crippen LogP contribution in [0.3, 0.4) is 0 Å². The number of aromatic nitrogens is 1. The van der Waals surface area contributed by atoms with Crippen molar-refractivity contribution in [2.75, 3.05) is 0 Å². The summed E-state index contributed by atoms with van der Waals surface area (Å²) in [5.74, 6) is 0. The third kappa shape index (κ3) is 3.23. The summed E-state index contributed by atoms with van der Waals surface area (Å²) in [6.07, 6.45) is 0.468. The highest BCUT2D eigenvalue weighted by Gasteiger charge is 2.30. The fourth-order valence-electron chi connectivity index (χ4n) is 1.33.